The fourth-order valence-corrected chi connectivity index (χ4v) is 3.04. The molecule has 0 spiro atoms. The SMILES string of the molecule is CCc1noc(NC(=O)Cn2c(C3CC3)nc3ccccc32)c1C. The van der Waals surface area contributed by atoms with Gasteiger partial charge in [-0.1, -0.05) is 24.2 Å². The van der Waals surface area contributed by atoms with Gasteiger partial charge in [0.15, 0.2) is 0 Å². The molecule has 2 aromatic heterocycles. The van der Waals surface area contributed by atoms with Crippen LogP contribution in [0.2, 0.25) is 0 Å². The molecule has 1 amide bonds. The number of aryl methyl sites for hydroxylation is 1. The Labute approximate surface area is 139 Å². The number of rotatable bonds is 5. The van der Waals surface area contributed by atoms with Gasteiger partial charge in [0.2, 0.25) is 11.8 Å². The zero-order valence-corrected chi connectivity index (χ0v) is 13.9. The highest BCUT2D eigenvalue weighted by molar-refractivity contribution is 5.91. The third-order valence-electron chi connectivity index (χ3n) is 4.54. The van der Waals surface area contributed by atoms with E-state index in [1.807, 2.05) is 42.7 Å². The van der Waals surface area contributed by atoms with Crippen molar-refractivity contribution in [2.24, 2.45) is 0 Å². The van der Waals surface area contributed by atoms with Crippen molar-refractivity contribution in [2.75, 3.05) is 5.32 Å². The molecule has 6 heteroatoms. The number of carbonyl (C=O) groups excluding carboxylic acids is 1. The molecule has 0 unspecified atom stereocenters. The van der Waals surface area contributed by atoms with Gasteiger partial charge >= 0.3 is 0 Å². The Morgan fingerprint density at radius 3 is 2.88 bits per heavy atom. The van der Waals surface area contributed by atoms with Gasteiger partial charge in [-0.2, -0.15) is 0 Å². The van der Waals surface area contributed by atoms with E-state index in [-0.39, 0.29) is 12.5 Å². The van der Waals surface area contributed by atoms with Crippen molar-refractivity contribution >= 4 is 22.8 Å². The zero-order chi connectivity index (χ0) is 16.7. The van der Waals surface area contributed by atoms with Crippen molar-refractivity contribution in [1.82, 2.24) is 14.7 Å². The second-order valence-electron chi connectivity index (χ2n) is 6.30. The predicted octanol–water partition coefficient (Wildman–Crippen LogP) is 3.41. The van der Waals surface area contributed by atoms with Crippen LogP contribution in [0.15, 0.2) is 28.8 Å². The van der Waals surface area contributed by atoms with E-state index in [1.54, 1.807) is 0 Å². The molecule has 0 atom stereocenters. The van der Waals surface area contributed by atoms with Gasteiger partial charge in [-0.3, -0.25) is 10.1 Å². The molecule has 24 heavy (non-hydrogen) atoms. The Kier molecular flexibility index (Phi) is 3.59. The number of amides is 1. The normalized spacial score (nSPS) is 14.2. The number of nitrogens with zero attached hydrogens (tertiary/aromatic N) is 3. The first kappa shape index (κ1) is 14.9. The van der Waals surface area contributed by atoms with E-state index in [2.05, 4.69) is 10.5 Å². The predicted molar refractivity (Wildman–Crippen MR) is 91.0 cm³/mol. The first-order valence-electron chi connectivity index (χ1n) is 8.37. The van der Waals surface area contributed by atoms with Crippen LogP contribution in [0.4, 0.5) is 5.88 Å². The summed E-state index contributed by atoms with van der Waals surface area (Å²) in [6.07, 6.45) is 3.07. The monoisotopic (exact) mass is 324 g/mol. The van der Waals surface area contributed by atoms with E-state index in [4.69, 9.17) is 9.51 Å². The van der Waals surface area contributed by atoms with Crippen LogP contribution in [-0.4, -0.2) is 20.6 Å². The van der Waals surface area contributed by atoms with Crippen LogP contribution in [-0.2, 0) is 17.8 Å². The number of hydrogen-bond acceptors (Lipinski definition) is 4. The number of hydrogen-bond donors (Lipinski definition) is 1. The van der Waals surface area contributed by atoms with E-state index in [0.29, 0.717) is 11.8 Å². The molecule has 1 saturated carbocycles. The lowest BCUT2D eigenvalue weighted by Gasteiger charge is -2.08. The lowest BCUT2D eigenvalue weighted by atomic mass is 10.2. The molecular weight excluding hydrogens is 304 g/mol. The number of carbonyl (C=O) groups is 1. The summed E-state index contributed by atoms with van der Waals surface area (Å²) in [7, 11) is 0. The van der Waals surface area contributed by atoms with Crippen LogP contribution in [0.3, 0.4) is 0 Å². The third kappa shape index (κ3) is 2.58. The van der Waals surface area contributed by atoms with Crippen molar-refractivity contribution in [3.8, 4) is 0 Å². The molecule has 1 aliphatic rings. The molecule has 0 aliphatic heterocycles. The standard InChI is InChI=1S/C18H20N4O2/c1-3-13-11(2)18(24-21-13)20-16(23)10-22-15-7-5-4-6-14(15)19-17(22)12-8-9-12/h4-7,12H,3,8-10H2,1-2H3,(H,20,23). The second kappa shape index (κ2) is 5.78. The van der Waals surface area contributed by atoms with Gasteiger partial charge in [0.05, 0.1) is 16.7 Å². The lowest BCUT2D eigenvalue weighted by Crippen LogP contribution is -2.20. The molecule has 1 fully saturated rings. The average Bonchev–Trinajstić information content (AvgIpc) is 3.29. The fraction of sp³-hybridized carbons (Fsp3) is 0.389. The van der Waals surface area contributed by atoms with E-state index < -0.39 is 0 Å². The number of fused-ring (bicyclic) bond motifs is 1. The first-order chi connectivity index (χ1) is 11.7. The smallest absolute Gasteiger partial charge is 0.246 e. The van der Waals surface area contributed by atoms with Gasteiger partial charge in [0.25, 0.3) is 0 Å². The summed E-state index contributed by atoms with van der Waals surface area (Å²) in [6.45, 7) is 4.15. The molecule has 4 rings (SSSR count). The third-order valence-corrected chi connectivity index (χ3v) is 4.54. The molecule has 6 nitrogen and oxygen atoms in total. The van der Waals surface area contributed by atoms with Crippen LogP contribution in [0, 0.1) is 6.92 Å². The Morgan fingerprint density at radius 2 is 2.17 bits per heavy atom. The van der Waals surface area contributed by atoms with Crippen LogP contribution in [0.5, 0.6) is 0 Å². The number of nitrogens with one attached hydrogen (secondary N) is 1. The van der Waals surface area contributed by atoms with Gasteiger partial charge in [0.1, 0.15) is 12.4 Å². The highest BCUT2D eigenvalue weighted by Gasteiger charge is 2.30. The Hall–Kier alpha value is -2.63. The second-order valence-corrected chi connectivity index (χ2v) is 6.30. The van der Waals surface area contributed by atoms with Crippen LogP contribution >= 0.6 is 0 Å². The quantitative estimate of drug-likeness (QED) is 0.780. The number of aromatic nitrogens is 3. The topological polar surface area (TPSA) is 73.0 Å². The fourth-order valence-electron chi connectivity index (χ4n) is 3.04. The molecule has 0 saturated heterocycles. The van der Waals surface area contributed by atoms with Crippen molar-refractivity contribution < 1.29 is 9.32 Å². The van der Waals surface area contributed by atoms with Gasteiger partial charge in [0, 0.05) is 11.5 Å². The lowest BCUT2D eigenvalue weighted by molar-refractivity contribution is -0.116. The summed E-state index contributed by atoms with van der Waals surface area (Å²) in [5, 5.41) is 6.82. The Bertz CT molecular complexity index is 905. The molecule has 3 aromatic rings. The minimum absolute atomic E-state index is 0.123. The molecule has 1 aliphatic carbocycles. The molecule has 2 heterocycles. The summed E-state index contributed by atoms with van der Waals surface area (Å²) >= 11 is 0. The highest BCUT2D eigenvalue weighted by atomic mass is 16.5. The molecular formula is C18H20N4O2. The summed E-state index contributed by atoms with van der Waals surface area (Å²) in [4.78, 5) is 17.2. The van der Waals surface area contributed by atoms with Crippen molar-refractivity contribution in [1.29, 1.82) is 0 Å². The van der Waals surface area contributed by atoms with E-state index in [0.717, 1.165) is 47.4 Å². The number of imidazole rings is 1. The summed E-state index contributed by atoms with van der Waals surface area (Å²) < 4.78 is 7.27. The largest absolute Gasteiger partial charge is 0.338 e. The highest BCUT2D eigenvalue weighted by Crippen LogP contribution is 2.40. The van der Waals surface area contributed by atoms with E-state index >= 15 is 0 Å². The van der Waals surface area contributed by atoms with Gasteiger partial charge in [-0.05, 0) is 38.3 Å². The van der Waals surface area contributed by atoms with Gasteiger partial charge in [-0.15, -0.1) is 0 Å². The van der Waals surface area contributed by atoms with Crippen molar-refractivity contribution in [3.05, 3.63) is 41.3 Å². The van der Waals surface area contributed by atoms with E-state index in [1.165, 1.54) is 0 Å². The van der Waals surface area contributed by atoms with Gasteiger partial charge < -0.3 is 9.09 Å². The van der Waals surface area contributed by atoms with E-state index in [9.17, 15) is 4.79 Å². The Morgan fingerprint density at radius 1 is 1.38 bits per heavy atom. The van der Waals surface area contributed by atoms with Crippen LogP contribution < -0.4 is 5.32 Å². The summed E-state index contributed by atoms with van der Waals surface area (Å²) in [5.74, 6) is 1.80. The van der Waals surface area contributed by atoms with Gasteiger partial charge in [-0.25, -0.2) is 4.98 Å². The molecule has 1 N–H and O–H groups in total. The Balaban J connectivity index is 1.60. The minimum Gasteiger partial charge on any atom is -0.338 e. The summed E-state index contributed by atoms with van der Waals surface area (Å²) in [5.41, 5.74) is 3.70. The maximum atomic E-state index is 12.5. The number of benzene rings is 1. The van der Waals surface area contributed by atoms with Crippen LogP contribution in [0.25, 0.3) is 11.0 Å². The van der Waals surface area contributed by atoms with Crippen molar-refractivity contribution in [3.63, 3.8) is 0 Å². The molecule has 1 aromatic carbocycles. The maximum Gasteiger partial charge on any atom is 0.246 e. The molecule has 0 bridgehead atoms. The molecule has 0 radical (unpaired) electrons. The van der Waals surface area contributed by atoms with Crippen LogP contribution in [0.1, 0.15) is 42.8 Å². The average molecular weight is 324 g/mol. The molecule has 124 valence electrons. The first-order valence-corrected chi connectivity index (χ1v) is 8.37. The van der Waals surface area contributed by atoms with Crippen molar-refractivity contribution in [2.45, 2.75) is 45.6 Å². The maximum absolute atomic E-state index is 12.5. The number of para-hydroxylation sites is 2. The number of anilines is 1. The summed E-state index contributed by atoms with van der Waals surface area (Å²) in [6, 6.07) is 7.95. The minimum atomic E-state index is -0.123. The zero-order valence-electron chi connectivity index (χ0n) is 13.9.